The molecular weight excluding hydrogens is 609 g/mol. The number of carboxylic acids is 1. The highest BCUT2D eigenvalue weighted by Gasteiger charge is 2.33. The van der Waals surface area contributed by atoms with Crippen LogP contribution in [0.3, 0.4) is 0 Å². The summed E-state index contributed by atoms with van der Waals surface area (Å²) in [6, 6.07) is 0. The van der Waals surface area contributed by atoms with E-state index in [0.717, 1.165) is 38.5 Å². The van der Waals surface area contributed by atoms with Gasteiger partial charge in [-0.3, -0.25) is 0 Å². The molecule has 3 saturated carbocycles. The maximum Gasteiger partial charge on any atom is 0.454 e. The zero-order valence-electron chi connectivity index (χ0n) is 22.5. The lowest BCUT2D eigenvalue weighted by atomic mass is 9.84. The molecule has 14 nitrogen and oxygen atoms in total. The first-order valence-electron chi connectivity index (χ1n) is 13.1. The molecule has 41 heavy (non-hydrogen) atoms. The molecule has 6 rings (SSSR count). The van der Waals surface area contributed by atoms with Gasteiger partial charge >= 0.3 is 25.0 Å². The standard InChI is InChI=1S/C9H11NO3.C7H7NO3.C6H6BrNO3.C3H7BO2/c1-2-12-9(11)7-5-10-8(13-7)6-3-4-6;9-7(10)5-3-8-6(11-5)4-1-2-4;1-2-10-5(9)4-3-8-6(7)11-4;5-4(6)3-1-2-3/h5-6H,2-4H2,1H3;3-4H,1-2H2,(H,9,10);3H,2H2,1H3;3,5-6H,1-2H2. The van der Waals surface area contributed by atoms with Gasteiger partial charge in [-0.15, -0.1) is 0 Å². The number of hydrogen-bond acceptors (Lipinski definition) is 13. The van der Waals surface area contributed by atoms with Crippen LogP contribution in [0.15, 0.2) is 36.6 Å². The number of carboxylic acid groups (broad SMARTS) is 1. The second-order valence-corrected chi connectivity index (χ2v) is 9.83. The van der Waals surface area contributed by atoms with Crippen LogP contribution in [0.1, 0.15) is 108 Å². The van der Waals surface area contributed by atoms with Crippen LogP contribution in [0, 0.1) is 0 Å². The SMILES string of the molecule is CCOC(=O)c1cnc(Br)o1.CCOC(=O)c1cnc(C2CC2)o1.O=C(O)c1cnc(C2CC2)o1.OB(O)C1CC1. The van der Waals surface area contributed by atoms with Crippen LogP contribution < -0.4 is 0 Å². The Morgan fingerprint density at radius 2 is 1.24 bits per heavy atom. The van der Waals surface area contributed by atoms with E-state index in [4.69, 9.17) is 33.1 Å². The molecule has 3 aliphatic rings. The van der Waals surface area contributed by atoms with Crippen LogP contribution in [0.25, 0.3) is 0 Å². The van der Waals surface area contributed by atoms with E-state index >= 15 is 0 Å². The molecule has 16 heteroatoms. The van der Waals surface area contributed by atoms with Crippen molar-refractivity contribution in [2.45, 2.75) is 70.0 Å². The number of carbonyl (C=O) groups is 3. The first-order valence-corrected chi connectivity index (χ1v) is 13.9. The highest BCUT2D eigenvalue weighted by molar-refractivity contribution is 9.10. The minimum absolute atomic E-state index is 0.0631. The summed E-state index contributed by atoms with van der Waals surface area (Å²) >= 11 is 2.97. The maximum absolute atomic E-state index is 11.1. The molecule has 3 fully saturated rings. The Balaban J connectivity index is 0.000000155. The van der Waals surface area contributed by atoms with E-state index in [0.29, 0.717) is 36.8 Å². The van der Waals surface area contributed by atoms with Crippen molar-refractivity contribution >= 4 is 41.0 Å². The van der Waals surface area contributed by atoms with Crippen molar-refractivity contribution in [1.29, 1.82) is 0 Å². The molecule has 222 valence electrons. The summed E-state index contributed by atoms with van der Waals surface area (Å²) in [7, 11) is -1.04. The predicted molar refractivity (Wildman–Crippen MR) is 143 cm³/mol. The van der Waals surface area contributed by atoms with Crippen LogP contribution in [0.4, 0.5) is 0 Å². The van der Waals surface area contributed by atoms with Crippen molar-refractivity contribution < 1.29 is 52.3 Å². The van der Waals surface area contributed by atoms with Crippen molar-refractivity contribution in [3.05, 3.63) is 52.5 Å². The Morgan fingerprint density at radius 3 is 1.56 bits per heavy atom. The molecule has 3 aromatic rings. The molecule has 3 N–H and O–H groups in total. The number of carbonyl (C=O) groups excluding carboxylic acids is 2. The van der Waals surface area contributed by atoms with Crippen molar-refractivity contribution in [2.75, 3.05) is 13.2 Å². The number of aromatic nitrogens is 3. The lowest BCUT2D eigenvalue weighted by molar-refractivity contribution is 0.0479. The molecule has 0 amide bonds. The third-order valence-corrected chi connectivity index (χ3v) is 5.95. The van der Waals surface area contributed by atoms with E-state index in [9.17, 15) is 14.4 Å². The van der Waals surface area contributed by atoms with Gasteiger partial charge < -0.3 is 37.9 Å². The molecule has 0 bridgehead atoms. The molecule has 0 radical (unpaired) electrons. The van der Waals surface area contributed by atoms with Crippen LogP contribution in [-0.4, -0.2) is 68.3 Å². The average molecular weight is 640 g/mol. The number of nitrogens with zero attached hydrogens (tertiary/aromatic N) is 3. The van der Waals surface area contributed by atoms with Crippen molar-refractivity contribution in [3.63, 3.8) is 0 Å². The molecule has 3 aromatic heterocycles. The first-order chi connectivity index (χ1) is 19.6. The predicted octanol–water partition coefficient (Wildman–Crippen LogP) is 4.22. The molecular formula is C25H31BBrN3O11. The summed E-state index contributed by atoms with van der Waals surface area (Å²) in [4.78, 5) is 44.2. The molecule has 0 spiro atoms. The fourth-order valence-corrected chi connectivity index (χ4v) is 3.23. The average Bonchev–Trinajstić information content (AvgIpc) is 3.90. The van der Waals surface area contributed by atoms with Gasteiger partial charge in [0.15, 0.2) is 11.8 Å². The summed E-state index contributed by atoms with van der Waals surface area (Å²) in [5.74, 6) is 0.549. The molecule has 0 atom stereocenters. The summed E-state index contributed by atoms with van der Waals surface area (Å²) in [5.41, 5.74) is 0. The van der Waals surface area contributed by atoms with E-state index in [2.05, 4.69) is 35.6 Å². The van der Waals surface area contributed by atoms with Crippen LogP contribution in [0.2, 0.25) is 5.82 Å². The number of oxazole rings is 3. The van der Waals surface area contributed by atoms with Crippen molar-refractivity contribution in [1.82, 2.24) is 15.0 Å². The van der Waals surface area contributed by atoms with Gasteiger partial charge in [-0.05, 0) is 45.3 Å². The fourth-order valence-electron chi connectivity index (χ4n) is 2.95. The lowest BCUT2D eigenvalue weighted by Crippen LogP contribution is -2.09. The van der Waals surface area contributed by atoms with Gasteiger partial charge in [0.25, 0.3) is 4.80 Å². The first kappa shape index (κ1) is 32.0. The van der Waals surface area contributed by atoms with Gasteiger partial charge in [-0.1, -0.05) is 12.8 Å². The fraction of sp³-hybridized carbons (Fsp3) is 0.520. The van der Waals surface area contributed by atoms with Gasteiger partial charge in [0.05, 0.1) is 31.8 Å². The van der Waals surface area contributed by atoms with Crippen molar-refractivity contribution in [3.8, 4) is 0 Å². The zero-order valence-corrected chi connectivity index (χ0v) is 24.1. The number of hydrogen-bond donors (Lipinski definition) is 3. The largest absolute Gasteiger partial charge is 0.475 e. The van der Waals surface area contributed by atoms with Gasteiger partial charge in [0.1, 0.15) is 0 Å². The van der Waals surface area contributed by atoms with Crippen molar-refractivity contribution in [2.24, 2.45) is 0 Å². The van der Waals surface area contributed by atoms with E-state index in [1.807, 2.05) is 0 Å². The van der Waals surface area contributed by atoms with Crippen LogP contribution in [0.5, 0.6) is 0 Å². The Labute approximate surface area is 243 Å². The smallest absolute Gasteiger partial charge is 0.454 e. The van der Waals surface area contributed by atoms with Gasteiger partial charge in [0.2, 0.25) is 17.3 Å². The molecule has 0 saturated heterocycles. The zero-order chi connectivity index (χ0) is 29.9. The number of halogens is 1. The summed E-state index contributed by atoms with van der Waals surface area (Å²) in [6.45, 7) is 4.18. The van der Waals surface area contributed by atoms with Crippen LogP contribution in [-0.2, 0) is 9.47 Å². The third kappa shape index (κ3) is 11.1. The summed E-state index contributed by atoms with van der Waals surface area (Å²) in [6.07, 6.45) is 10.4. The van der Waals surface area contributed by atoms with Crippen LogP contribution >= 0.6 is 15.9 Å². The summed E-state index contributed by atoms with van der Waals surface area (Å²) in [5, 5.41) is 25.0. The van der Waals surface area contributed by atoms with E-state index in [-0.39, 0.29) is 27.9 Å². The van der Waals surface area contributed by atoms with E-state index in [1.165, 1.54) is 18.6 Å². The number of ether oxygens (including phenoxy) is 2. The third-order valence-electron chi connectivity index (χ3n) is 5.59. The molecule has 3 aliphatic carbocycles. The lowest BCUT2D eigenvalue weighted by Gasteiger charge is -1.95. The Hall–Kier alpha value is -3.50. The van der Waals surface area contributed by atoms with E-state index in [1.54, 1.807) is 13.8 Å². The number of aromatic carboxylic acids is 1. The molecule has 0 unspecified atom stereocenters. The molecule has 3 heterocycles. The van der Waals surface area contributed by atoms with Gasteiger partial charge in [-0.2, -0.15) is 0 Å². The van der Waals surface area contributed by atoms with Gasteiger partial charge in [0, 0.05) is 27.8 Å². The summed E-state index contributed by atoms with van der Waals surface area (Å²) < 4.78 is 24.4. The molecule has 0 aliphatic heterocycles. The Kier molecular flexibility index (Phi) is 12.1. The normalized spacial score (nSPS) is 15.1. The highest BCUT2D eigenvalue weighted by atomic mass is 79.9. The topological polar surface area (TPSA) is 208 Å². The quantitative estimate of drug-likeness (QED) is 0.233. The molecule has 0 aromatic carbocycles. The Morgan fingerprint density at radius 1 is 0.805 bits per heavy atom. The minimum atomic E-state index is -1.05. The van der Waals surface area contributed by atoms with Gasteiger partial charge in [-0.25, -0.2) is 29.3 Å². The monoisotopic (exact) mass is 639 g/mol. The maximum atomic E-state index is 11.1. The highest BCUT2D eigenvalue weighted by Crippen LogP contribution is 2.40. The second kappa shape index (κ2) is 15.5. The van der Waals surface area contributed by atoms with E-state index < -0.39 is 25.0 Å². The number of rotatable bonds is 8. The second-order valence-electron chi connectivity index (χ2n) is 9.15. The minimum Gasteiger partial charge on any atom is -0.475 e. The Bertz CT molecular complexity index is 1280. The number of esters is 2.